The molecular weight excluding hydrogens is 521 g/mol. The number of anilines is 1. The van der Waals surface area contributed by atoms with Crippen LogP contribution in [-0.2, 0) is 22.4 Å². The Hall–Kier alpha value is -2.58. The molecule has 3 aromatic rings. The summed E-state index contributed by atoms with van der Waals surface area (Å²) in [7, 11) is 0. The molecule has 1 unspecified atom stereocenters. The third kappa shape index (κ3) is 10.0. The molecule has 9 heteroatoms. The average Bonchev–Trinajstić information content (AvgIpc) is 3.20. The van der Waals surface area contributed by atoms with Gasteiger partial charge in [-0.05, 0) is 56.9 Å². The van der Waals surface area contributed by atoms with Crippen LogP contribution in [0.1, 0.15) is 51.4 Å². The van der Waals surface area contributed by atoms with E-state index in [0.29, 0.717) is 27.0 Å². The predicted molar refractivity (Wildman–Crippen MR) is 146 cm³/mol. The molecule has 0 amide bonds. The number of rotatable bonds is 8. The van der Waals surface area contributed by atoms with E-state index in [1.54, 1.807) is 39.0 Å². The molecule has 202 valence electrons. The van der Waals surface area contributed by atoms with E-state index in [1.165, 1.54) is 0 Å². The quantitative estimate of drug-likeness (QED) is 0.283. The van der Waals surface area contributed by atoms with Gasteiger partial charge >= 0.3 is 12.1 Å². The van der Waals surface area contributed by atoms with Crippen molar-refractivity contribution in [3.63, 3.8) is 0 Å². The number of halogens is 4. The maximum Gasteiger partial charge on any atom is 0.394 e. The summed E-state index contributed by atoms with van der Waals surface area (Å²) < 4.78 is 45.4. The predicted octanol–water partition coefficient (Wildman–Crippen LogP) is 8.52. The molecule has 4 nitrogen and oxygen atoms in total. The average molecular weight is 555 g/mol. The molecule has 1 N–H and O–H groups in total. The molecule has 0 radical (unpaired) electrons. The van der Waals surface area contributed by atoms with Gasteiger partial charge in [0.25, 0.3) is 0 Å². The summed E-state index contributed by atoms with van der Waals surface area (Å²) >= 11 is 7.33. The van der Waals surface area contributed by atoms with E-state index in [1.807, 2.05) is 51.1 Å². The van der Waals surface area contributed by atoms with Crippen LogP contribution in [0.5, 0.6) is 0 Å². The highest BCUT2D eigenvalue weighted by atomic mass is 35.5. The third-order valence-electron chi connectivity index (χ3n) is 5.06. The minimum absolute atomic E-state index is 0.0817. The molecule has 1 heterocycles. The number of aryl methyl sites for hydroxylation is 1. The first-order valence-electron chi connectivity index (χ1n) is 12.1. The number of thiazole rings is 1. The Balaban J connectivity index is 0.00000235. The van der Waals surface area contributed by atoms with Gasteiger partial charge in [-0.1, -0.05) is 79.2 Å². The van der Waals surface area contributed by atoms with Gasteiger partial charge in [-0.3, -0.25) is 4.79 Å². The lowest BCUT2D eigenvalue weighted by Gasteiger charge is -2.24. The lowest BCUT2D eigenvalue weighted by atomic mass is 9.99. The number of hydrogen-bond donors (Lipinski definition) is 1. The van der Waals surface area contributed by atoms with Crippen LogP contribution in [0.25, 0.3) is 10.4 Å². The van der Waals surface area contributed by atoms with Crippen LogP contribution >= 0.6 is 22.9 Å². The zero-order chi connectivity index (χ0) is 27.8. The van der Waals surface area contributed by atoms with E-state index in [-0.39, 0.29) is 18.2 Å². The van der Waals surface area contributed by atoms with E-state index in [4.69, 9.17) is 16.3 Å². The van der Waals surface area contributed by atoms with Crippen molar-refractivity contribution in [3.05, 3.63) is 70.4 Å². The largest absolute Gasteiger partial charge is 0.460 e. The number of aromatic nitrogens is 1. The molecule has 0 fully saturated rings. The molecule has 0 bridgehead atoms. The van der Waals surface area contributed by atoms with Gasteiger partial charge in [0.15, 0.2) is 5.13 Å². The Morgan fingerprint density at radius 1 is 1.11 bits per heavy atom. The lowest BCUT2D eigenvalue weighted by Crippen LogP contribution is -2.33. The molecule has 0 spiro atoms. The highest BCUT2D eigenvalue weighted by molar-refractivity contribution is 7.19. The highest BCUT2D eigenvalue weighted by Gasteiger charge is 2.32. The van der Waals surface area contributed by atoms with E-state index in [9.17, 15) is 18.0 Å². The molecule has 1 aromatic heterocycles. The molecule has 1 atom stereocenters. The molecule has 0 saturated heterocycles. The van der Waals surface area contributed by atoms with E-state index < -0.39 is 24.1 Å². The third-order valence-corrected chi connectivity index (χ3v) is 6.58. The normalized spacial score (nSPS) is 12.4. The number of carbonyl (C=O) groups is 1. The van der Waals surface area contributed by atoms with Crippen LogP contribution < -0.4 is 5.32 Å². The summed E-state index contributed by atoms with van der Waals surface area (Å²) in [6.07, 6.45) is -5.16. The molecule has 0 aliphatic rings. The first-order valence-corrected chi connectivity index (χ1v) is 13.3. The van der Waals surface area contributed by atoms with Gasteiger partial charge in [-0.2, -0.15) is 13.2 Å². The Bertz CT molecular complexity index is 1160. The summed E-state index contributed by atoms with van der Waals surface area (Å²) in [5, 5.41) is 3.85. The van der Waals surface area contributed by atoms with Gasteiger partial charge in [0.05, 0.1) is 22.9 Å². The molecule has 0 aliphatic carbocycles. The maximum atomic E-state index is 13.3. The second-order valence-electron chi connectivity index (χ2n) is 9.35. The monoisotopic (exact) mass is 554 g/mol. The zero-order valence-electron chi connectivity index (χ0n) is 22.0. The Labute approximate surface area is 226 Å². The van der Waals surface area contributed by atoms with Crippen LogP contribution in [0.15, 0.2) is 48.5 Å². The van der Waals surface area contributed by atoms with Gasteiger partial charge in [0.1, 0.15) is 5.60 Å². The van der Waals surface area contributed by atoms with E-state index in [2.05, 4.69) is 10.3 Å². The molecule has 3 rings (SSSR count). The summed E-state index contributed by atoms with van der Waals surface area (Å²) in [5.74, 6) is -0.935. The first kappa shape index (κ1) is 30.6. The molecule has 37 heavy (non-hydrogen) atoms. The summed E-state index contributed by atoms with van der Waals surface area (Å²) in [5.41, 5.74) is 1.61. The van der Waals surface area contributed by atoms with Crippen molar-refractivity contribution in [1.29, 1.82) is 0 Å². The van der Waals surface area contributed by atoms with Crippen LogP contribution in [0.4, 0.5) is 18.3 Å². The SMILES string of the molecule is CC.Cc1ccc(-c2sc(NCC(Cc3ccccc3)C(=O)OC(C)(C)C)nc2CC(F)(F)F)cc1Cl. The van der Waals surface area contributed by atoms with Gasteiger partial charge in [0, 0.05) is 11.6 Å². The van der Waals surface area contributed by atoms with Crippen molar-refractivity contribution in [3.8, 4) is 10.4 Å². The fraction of sp³-hybridized carbons (Fsp3) is 0.429. The van der Waals surface area contributed by atoms with Crippen molar-refractivity contribution >= 4 is 34.0 Å². The van der Waals surface area contributed by atoms with Gasteiger partial charge in [0.2, 0.25) is 0 Å². The second kappa shape index (κ2) is 13.3. The smallest absolute Gasteiger partial charge is 0.394 e. The van der Waals surface area contributed by atoms with Crippen LogP contribution in [0.2, 0.25) is 5.02 Å². The van der Waals surface area contributed by atoms with Crippen molar-refractivity contribution < 1.29 is 22.7 Å². The van der Waals surface area contributed by atoms with Crippen molar-refractivity contribution in [2.75, 3.05) is 11.9 Å². The standard InChI is InChI=1S/C26H28ClF3N2O2S.C2H6/c1-16-10-11-18(13-20(16)27)22-21(14-26(28,29)30)32-24(35-22)31-15-19(23(33)34-25(2,3)4)12-17-8-6-5-7-9-17;1-2/h5-11,13,19H,12,14-15H2,1-4H3,(H,31,32);1-2H3. The van der Waals surface area contributed by atoms with Crippen molar-refractivity contribution in [2.24, 2.45) is 5.92 Å². The minimum atomic E-state index is -4.42. The maximum absolute atomic E-state index is 13.3. The number of carbonyl (C=O) groups excluding carboxylic acids is 1. The Kier molecular flexibility index (Phi) is 11.0. The number of ether oxygens (including phenoxy) is 1. The number of nitrogens with zero attached hydrogens (tertiary/aromatic N) is 1. The molecule has 0 saturated carbocycles. The number of esters is 1. The van der Waals surface area contributed by atoms with Crippen molar-refractivity contribution in [1.82, 2.24) is 4.98 Å². The minimum Gasteiger partial charge on any atom is -0.460 e. The van der Waals surface area contributed by atoms with Gasteiger partial charge in [-0.15, -0.1) is 0 Å². The zero-order valence-corrected chi connectivity index (χ0v) is 23.6. The lowest BCUT2D eigenvalue weighted by molar-refractivity contribution is -0.159. The summed E-state index contributed by atoms with van der Waals surface area (Å²) in [6, 6.07) is 14.6. The fourth-order valence-corrected chi connectivity index (χ4v) is 4.60. The summed E-state index contributed by atoms with van der Waals surface area (Å²) in [4.78, 5) is 17.5. The molecule has 0 aliphatic heterocycles. The number of hydrogen-bond acceptors (Lipinski definition) is 5. The Morgan fingerprint density at radius 3 is 2.32 bits per heavy atom. The van der Waals surface area contributed by atoms with Crippen molar-refractivity contribution in [2.45, 2.75) is 66.2 Å². The highest BCUT2D eigenvalue weighted by Crippen LogP contribution is 2.38. The molecule has 2 aromatic carbocycles. The molecular formula is C28H34ClF3N2O2S. The van der Waals surface area contributed by atoms with Gasteiger partial charge < -0.3 is 10.1 Å². The van der Waals surface area contributed by atoms with Crippen LogP contribution in [0, 0.1) is 12.8 Å². The number of nitrogens with one attached hydrogen (secondary N) is 1. The van der Waals surface area contributed by atoms with Crippen LogP contribution in [-0.4, -0.2) is 29.3 Å². The Morgan fingerprint density at radius 2 is 1.76 bits per heavy atom. The van der Waals surface area contributed by atoms with Crippen LogP contribution in [0.3, 0.4) is 0 Å². The summed E-state index contributed by atoms with van der Waals surface area (Å²) in [6.45, 7) is 11.4. The van der Waals surface area contributed by atoms with Gasteiger partial charge in [-0.25, -0.2) is 4.98 Å². The van der Waals surface area contributed by atoms with E-state index in [0.717, 1.165) is 22.5 Å². The van der Waals surface area contributed by atoms with E-state index >= 15 is 0 Å². The number of benzene rings is 2. The topological polar surface area (TPSA) is 51.2 Å². The fourth-order valence-electron chi connectivity index (χ4n) is 3.43. The first-order chi connectivity index (χ1) is 17.3. The second-order valence-corrected chi connectivity index (χ2v) is 10.8. The number of alkyl halides is 3.